The van der Waals surface area contributed by atoms with Gasteiger partial charge in [0.1, 0.15) is 18.4 Å². The molecule has 5 atom stereocenters. The van der Waals surface area contributed by atoms with Crippen LogP contribution in [0.5, 0.6) is 0 Å². The van der Waals surface area contributed by atoms with E-state index in [-0.39, 0.29) is 6.61 Å². The SMILES string of the molecule is C[P+](=O)OC[C@@]12CC[C@@H]([C@H](n3cc(F)c(=O)[nH]c3=O)O1)[C@@H]2O. The first-order valence-corrected chi connectivity index (χ1v) is 8.37. The lowest BCUT2D eigenvalue weighted by atomic mass is 10.0. The normalized spacial score (nSPS) is 34.1. The van der Waals surface area contributed by atoms with E-state index >= 15 is 0 Å². The lowest BCUT2D eigenvalue weighted by Gasteiger charge is -2.29. The zero-order chi connectivity index (χ0) is 16.1. The maximum Gasteiger partial charge on any atom is 0.504 e. The summed E-state index contributed by atoms with van der Waals surface area (Å²) in [6.07, 6.45) is -0.0221. The lowest BCUT2D eigenvalue weighted by Crippen LogP contribution is -2.42. The predicted octanol–water partition coefficient (Wildman–Crippen LogP) is 0.103. The Hall–Kier alpha value is -1.41. The Kier molecular flexibility index (Phi) is 3.76. The van der Waals surface area contributed by atoms with Gasteiger partial charge in [0, 0.05) is 5.92 Å². The molecule has 2 fully saturated rings. The lowest BCUT2D eigenvalue weighted by molar-refractivity contribution is -0.136. The fourth-order valence-corrected chi connectivity index (χ4v) is 3.57. The van der Waals surface area contributed by atoms with Crippen molar-refractivity contribution < 1.29 is 23.3 Å². The maximum absolute atomic E-state index is 13.4. The first kappa shape index (κ1) is 15.5. The van der Waals surface area contributed by atoms with Crippen LogP contribution >= 0.6 is 8.03 Å². The Bertz CT molecular complexity index is 733. The third-order valence-electron chi connectivity index (χ3n) is 4.26. The van der Waals surface area contributed by atoms with Gasteiger partial charge in [0.25, 0.3) is 5.56 Å². The molecule has 1 aliphatic carbocycles. The summed E-state index contributed by atoms with van der Waals surface area (Å²) in [5, 5.41) is 10.4. The van der Waals surface area contributed by atoms with Crippen molar-refractivity contribution in [2.24, 2.45) is 5.92 Å². The summed E-state index contributed by atoms with van der Waals surface area (Å²) in [5.41, 5.74) is -2.98. The van der Waals surface area contributed by atoms with E-state index in [2.05, 4.69) is 0 Å². The topological polar surface area (TPSA) is 111 Å². The first-order valence-electron chi connectivity index (χ1n) is 6.75. The molecule has 10 heteroatoms. The minimum Gasteiger partial charge on any atom is -0.390 e. The molecule has 1 saturated carbocycles. The van der Waals surface area contributed by atoms with Crippen LogP contribution in [0.4, 0.5) is 4.39 Å². The number of halogens is 1. The van der Waals surface area contributed by atoms with E-state index in [1.165, 1.54) is 6.66 Å². The van der Waals surface area contributed by atoms with E-state index in [4.69, 9.17) is 9.26 Å². The highest BCUT2D eigenvalue weighted by Crippen LogP contribution is 2.52. The van der Waals surface area contributed by atoms with Gasteiger partial charge in [-0.25, -0.2) is 4.79 Å². The van der Waals surface area contributed by atoms with Gasteiger partial charge in [0.2, 0.25) is 5.82 Å². The van der Waals surface area contributed by atoms with Crippen molar-refractivity contribution in [1.29, 1.82) is 0 Å². The van der Waals surface area contributed by atoms with Gasteiger partial charge in [-0.1, -0.05) is 0 Å². The van der Waals surface area contributed by atoms with Crippen molar-refractivity contribution >= 4 is 8.03 Å². The van der Waals surface area contributed by atoms with Crippen LogP contribution in [0.15, 0.2) is 15.8 Å². The van der Waals surface area contributed by atoms with Crippen LogP contribution in [0.3, 0.4) is 0 Å². The number of ether oxygens (including phenoxy) is 1. The van der Waals surface area contributed by atoms with Crippen molar-refractivity contribution in [3.05, 3.63) is 32.9 Å². The molecule has 3 rings (SSSR count). The van der Waals surface area contributed by atoms with Crippen molar-refractivity contribution in [3.8, 4) is 0 Å². The molecule has 0 radical (unpaired) electrons. The predicted molar refractivity (Wildman–Crippen MR) is 72.3 cm³/mol. The molecule has 0 amide bonds. The maximum atomic E-state index is 13.4. The molecule has 2 heterocycles. The summed E-state index contributed by atoms with van der Waals surface area (Å²) in [5.74, 6) is -1.54. The molecule has 2 bridgehead atoms. The molecule has 2 aliphatic rings. The largest absolute Gasteiger partial charge is 0.504 e. The van der Waals surface area contributed by atoms with Crippen molar-refractivity contribution in [2.75, 3.05) is 13.3 Å². The summed E-state index contributed by atoms with van der Waals surface area (Å²) in [7, 11) is -1.86. The second-order valence-electron chi connectivity index (χ2n) is 5.58. The van der Waals surface area contributed by atoms with Gasteiger partial charge in [-0.3, -0.25) is 14.3 Å². The van der Waals surface area contributed by atoms with E-state index in [1.807, 2.05) is 4.98 Å². The number of nitrogens with one attached hydrogen (secondary N) is 1. The average Bonchev–Trinajstić information content (AvgIpc) is 2.91. The highest BCUT2D eigenvalue weighted by Gasteiger charge is 2.61. The summed E-state index contributed by atoms with van der Waals surface area (Å²) >= 11 is 0. The Morgan fingerprint density at radius 2 is 2.36 bits per heavy atom. The van der Waals surface area contributed by atoms with Crippen LogP contribution in [-0.4, -0.2) is 39.6 Å². The number of aromatic amines is 1. The summed E-state index contributed by atoms with van der Waals surface area (Å²) in [6.45, 7) is 1.31. The van der Waals surface area contributed by atoms with Gasteiger partial charge < -0.3 is 9.84 Å². The van der Waals surface area contributed by atoms with Crippen LogP contribution in [0.2, 0.25) is 0 Å². The number of hydrogen-bond donors (Lipinski definition) is 2. The summed E-state index contributed by atoms with van der Waals surface area (Å²) in [4.78, 5) is 24.8. The zero-order valence-electron chi connectivity index (χ0n) is 11.7. The molecular formula is C12H15FN2O6P+. The zero-order valence-corrected chi connectivity index (χ0v) is 12.6. The second-order valence-corrected chi connectivity index (χ2v) is 6.71. The van der Waals surface area contributed by atoms with E-state index in [9.17, 15) is 23.7 Å². The van der Waals surface area contributed by atoms with Crippen LogP contribution in [0.1, 0.15) is 19.1 Å². The van der Waals surface area contributed by atoms with Crippen LogP contribution in [-0.2, 0) is 13.8 Å². The first-order chi connectivity index (χ1) is 10.3. The molecule has 8 nitrogen and oxygen atoms in total. The van der Waals surface area contributed by atoms with E-state index in [1.54, 1.807) is 0 Å². The van der Waals surface area contributed by atoms with Gasteiger partial charge in [0.05, 0.1) is 12.3 Å². The Morgan fingerprint density at radius 1 is 1.64 bits per heavy atom. The molecule has 1 saturated heterocycles. The molecule has 0 aromatic carbocycles. The third kappa shape index (κ3) is 2.34. The Morgan fingerprint density at radius 3 is 3.05 bits per heavy atom. The fraction of sp³-hybridized carbons (Fsp3) is 0.667. The molecule has 2 N–H and O–H groups in total. The Labute approximate surface area is 124 Å². The quantitative estimate of drug-likeness (QED) is 0.756. The van der Waals surface area contributed by atoms with Crippen molar-refractivity contribution in [1.82, 2.24) is 9.55 Å². The smallest absolute Gasteiger partial charge is 0.390 e. The van der Waals surface area contributed by atoms with E-state index < -0.39 is 48.9 Å². The van der Waals surface area contributed by atoms with Crippen molar-refractivity contribution in [3.63, 3.8) is 0 Å². The van der Waals surface area contributed by atoms with Gasteiger partial charge >= 0.3 is 13.7 Å². The number of aliphatic hydroxyl groups excluding tert-OH is 1. The number of rotatable bonds is 4. The second kappa shape index (κ2) is 5.34. The number of aliphatic hydroxyl groups is 1. The molecule has 1 aliphatic heterocycles. The van der Waals surface area contributed by atoms with Crippen LogP contribution in [0.25, 0.3) is 0 Å². The Balaban J connectivity index is 1.92. The molecule has 1 aromatic heterocycles. The number of aromatic nitrogens is 2. The number of nitrogens with zero attached hydrogens (tertiary/aromatic N) is 1. The minimum absolute atomic E-state index is 0.0759. The van der Waals surface area contributed by atoms with Gasteiger partial charge in [-0.05, 0) is 17.4 Å². The van der Waals surface area contributed by atoms with Gasteiger partial charge in [0.15, 0.2) is 6.66 Å². The number of fused-ring (bicyclic) bond motifs is 2. The van der Waals surface area contributed by atoms with Crippen LogP contribution < -0.4 is 11.2 Å². The standard InChI is InChI=1S/C12H14FN2O6P/c1-22(19)20-5-12-3-2-6(8(12)16)10(21-12)15-4-7(13)9(17)14-11(15)18/h4,6,8,10,16H,2-3,5H2,1H3/p+1/t6-,8+,10-,12-/m1/s1. The number of H-pyrrole nitrogens is 1. The average molecular weight is 333 g/mol. The van der Waals surface area contributed by atoms with Gasteiger partial charge in [-0.15, -0.1) is 4.52 Å². The molecule has 1 aromatic rings. The molecule has 1 unspecified atom stereocenters. The monoisotopic (exact) mass is 333 g/mol. The summed E-state index contributed by atoms with van der Waals surface area (Å²) < 4.78 is 36.3. The highest BCUT2D eigenvalue weighted by atomic mass is 31.1. The molecular weight excluding hydrogens is 318 g/mol. The third-order valence-corrected chi connectivity index (χ3v) is 4.75. The minimum atomic E-state index is -1.86. The van der Waals surface area contributed by atoms with Crippen LogP contribution in [0, 0.1) is 11.7 Å². The van der Waals surface area contributed by atoms with E-state index in [0.717, 1.165) is 10.8 Å². The highest BCUT2D eigenvalue weighted by molar-refractivity contribution is 7.38. The number of hydrogen-bond acceptors (Lipinski definition) is 6. The molecule has 22 heavy (non-hydrogen) atoms. The van der Waals surface area contributed by atoms with E-state index in [0.29, 0.717) is 12.8 Å². The molecule has 0 spiro atoms. The summed E-state index contributed by atoms with van der Waals surface area (Å²) in [6, 6.07) is 0. The van der Waals surface area contributed by atoms with Gasteiger partial charge in [-0.2, -0.15) is 4.39 Å². The van der Waals surface area contributed by atoms with Crippen molar-refractivity contribution in [2.45, 2.75) is 30.8 Å². The fourth-order valence-electron chi connectivity index (χ4n) is 3.17. The molecule has 120 valence electrons.